The summed E-state index contributed by atoms with van der Waals surface area (Å²) in [4.78, 5) is 12.0. The highest BCUT2D eigenvalue weighted by atomic mass is 19.1. The minimum absolute atomic E-state index is 0.00158. The fourth-order valence-electron chi connectivity index (χ4n) is 2.08. The first kappa shape index (κ1) is 16.6. The second kappa shape index (κ2) is 8.69. The lowest BCUT2D eigenvalue weighted by molar-refractivity contribution is -0.125. The topological polar surface area (TPSA) is 49.3 Å². The molecule has 0 radical (unpaired) electrons. The minimum Gasteiger partial charge on any atom is -0.396 e. The summed E-state index contributed by atoms with van der Waals surface area (Å²) in [6, 6.07) is 6.51. The molecule has 1 aromatic carbocycles. The molecule has 112 valence electrons. The van der Waals surface area contributed by atoms with Gasteiger partial charge in [0.1, 0.15) is 5.82 Å². The number of aryl methyl sites for hydroxylation is 1. The predicted molar refractivity (Wildman–Crippen MR) is 77.8 cm³/mol. The number of rotatable bonds is 8. The molecule has 2 atom stereocenters. The summed E-state index contributed by atoms with van der Waals surface area (Å²) in [7, 11) is 0. The van der Waals surface area contributed by atoms with Crippen LogP contribution in [0.1, 0.15) is 38.7 Å². The lowest BCUT2D eigenvalue weighted by Crippen LogP contribution is -2.38. The molecular weight excluding hydrogens is 257 g/mol. The maximum Gasteiger partial charge on any atom is 0.223 e. The molecule has 1 amide bonds. The van der Waals surface area contributed by atoms with Gasteiger partial charge in [-0.3, -0.25) is 4.79 Å². The van der Waals surface area contributed by atoms with Crippen LogP contribution < -0.4 is 5.32 Å². The molecule has 1 rings (SSSR count). The Morgan fingerprint density at radius 3 is 2.75 bits per heavy atom. The van der Waals surface area contributed by atoms with Crippen LogP contribution in [0, 0.1) is 11.7 Å². The zero-order valence-electron chi connectivity index (χ0n) is 12.2. The molecule has 0 aromatic heterocycles. The molecule has 2 N–H and O–H groups in total. The van der Waals surface area contributed by atoms with Crippen LogP contribution in [0.3, 0.4) is 0 Å². The van der Waals surface area contributed by atoms with Crippen molar-refractivity contribution in [1.29, 1.82) is 0 Å². The fraction of sp³-hybridized carbons (Fsp3) is 0.562. The molecule has 0 aliphatic heterocycles. The number of carbonyl (C=O) groups excluding carboxylic acids is 1. The van der Waals surface area contributed by atoms with Crippen LogP contribution in [0.5, 0.6) is 0 Å². The molecule has 0 aliphatic rings. The van der Waals surface area contributed by atoms with Gasteiger partial charge in [0.05, 0.1) is 0 Å². The molecule has 0 saturated heterocycles. The van der Waals surface area contributed by atoms with Gasteiger partial charge in [-0.1, -0.05) is 26.0 Å². The van der Waals surface area contributed by atoms with E-state index in [4.69, 9.17) is 5.11 Å². The molecule has 0 saturated carbocycles. The Bertz CT molecular complexity index is 423. The van der Waals surface area contributed by atoms with Crippen molar-refractivity contribution in [2.75, 3.05) is 6.61 Å². The molecule has 0 fully saturated rings. The number of hydrogen-bond donors (Lipinski definition) is 2. The fourth-order valence-corrected chi connectivity index (χ4v) is 2.08. The Labute approximate surface area is 120 Å². The maximum atomic E-state index is 13.0. The van der Waals surface area contributed by atoms with Gasteiger partial charge in [0, 0.05) is 18.6 Å². The SMILES string of the molecule is CCC(CCO)NC(=O)C(C)CCc1cccc(F)c1. The van der Waals surface area contributed by atoms with E-state index in [-0.39, 0.29) is 30.3 Å². The first-order valence-corrected chi connectivity index (χ1v) is 7.22. The van der Waals surface area contributed by atoms with Gasteiger partial charge in [0.15, 0.2) is 0 Å². The average Bonchev–Trinajstić information content (AvgIpc) is 2.44. The lowest BCUT2D eigenvalue weighted by atomic mass is 9.99. The lowest BCUT2D eigenvalue weighted by Gasteiger charge is -2.19. The molecule has 4 heteroatoms. The third kappa shape index (κ3) is 5.70. The largest absolute Gasteiger partial charge is 0.396 e. The number of nitrogens with one attached hydrogen (secondary N) is 1. The Balaban J connectivity index is 2.41. The summed E-state index contributed by atoms with van der Waals surface area (Å²) in [5.41, 5.74) is 0.909. The van der Waals surface area contributed by atoms with E-state index < -0.39 is 0 Å². The van der Waals surface area contributed by atoms with Gasteiger partial charge < -0.3 is 10.4 Å². The van der Waals surface area contributed by atoms with E-state index in [1.165, 1.54) is 12.1 Å². The normalized spacial score (nSPS) is 13.8. The van der Waals surface area contributed by atoms with E-state index >= 15 is 0 Å². The highest BCUT2D eigenvalue weighted by molar-refractivity contribution is 5.78. The monoisotopic (exact) mass is 281 g/mol. The van der Waals surface area contributed by atoms with Gasteiger partial charge >= 0.3 is 0 Å². The van der Waals surface area contributed by atoms with E-state index in [0.29, 0.717) is 19.3 Å². The highest BCUT2D eigenvalue weighted by Crippen LogP contribution is 2.12. The Kier molecular flexibility index (Phi) is 7.23. The number of aliphatic hydroxyl groups is 1. The quantitative estimate of drug-likeness (QED) is 0.769. The predicted octanol–water partition coefficient (Wildman–Crippen LogP) is 2.67. The first-order chi connectivity index (χ1) is 9.56. The van der Waals surface area contributed by atoms with Crippen molar-refractivity contribution < 1.29 is 14.3 Å². The van der Waals surface area contributed by atoms with Crippen molar-refractivity contribution >= 4 is 5.91 Å². The molecule has 0 spiro atoms. The zero-order chi connectivity index (χ0) is 15.0. The molecule has 0 aliphatic carbocycles. The van der Waals surface area contributed by atoms with Gasteiger partial charge in [0.2, 0.25) is 5.91 Å². The van der Waals surface area contributed by atoms with Crippen LogP contribution in [-0.2, 0) is 11.2 Å². The molecular formula is C16H24FNO2. The standard InChI is InChI=1S/C16H24FNO2/c1-3-15(9-10-19)18-16(20)12(2)7-8-13-5-4-6-14(17)11-13/h4-6,11-12,15,19H,3,7-10H2,1-2H3,(H,18,20). The first-order valence-electron chi connectivity index (χ1n) is 7.22. The number of carbonyl (C=O) groups is 1. The summed E-state index contributed by atoms with van der Waals surface area (Å²) >= 11 is 0. The van der Waals surface area contributed by atoms with Crippen molar-refractivity contribution in [3.63, 3.8) is 0 Å². The van der Waals surface area contributed by atoms with Gasteiger partial charge in [-0.15, -0.1) is 0 Å². The van der Waals surface area contributed by atoms with E-state index in [1.807, 2.05) is 19.9 Å². The van der Waals surface area contributed by atoms with Crippen LogP contribution in [0.15, 0.2) is 24.3 Å². The molecule has 1 aromatic rings. The van der Waals surface area contributed by atoms with E-state index in [2.05, 4.69) is 5.32 Å². The zero-order valence-corrected chi connectivity index (χ0v) is 12.2. The average molecular weight is 281 g/mol. The molecule has 0 bridgehead atoms. The maximum absolute atomic E-state index is 13.0. The summed E-state index contributed by atoms with van der Waals surface area (Å²) < 4.78 is 13.0. The molecule has 20 heavy (non-hydrogen) atoms. The Hall–Kier alpha value is -1.42. The van der Waals surface area contributed by atoms with Crippen molar-refractivity contribution in [3.8, 4) is 0 Å². The van der Waals surface area contributed by atoms with Crippen LogP contribution in [0.4, 0.5) is 4.39 Å². The van der Waals surface area contributed by atoms with Gasteiger partial charge in [-0.2, -0.15) is 0 Å². The van der Waals surface area contributed by atoms with Crippen LogP contribution in [0.25, 0.3) is 0 Å². The summed E-state index contributed by atoms with van der Waals surface area (Å²) in [5.74, 6) is -0.360. The number of halogens is 1. The second-order valence-corrected chi connectivity index (χ2v) is 5.20. The van der Waals surface area contributed by atoms with E-state index in [9.17, 15) is 9.18 Å². The van der Waals surface area contributed by atoms with Crippen LogP contribution in [0.2, 0.25) is 0 Å². The summed E-state index contributed by atoms with van der Waals surface area (Å²) in [5, 5.41) is 11.9. The second-order valence-electron chi connectivity index (χ2n) is 5.20. The third-order valence-electron chi connectivity index (χ3n) is 3.52. The van der Waals surface area contributed by atoms with Gasteiger partial charge in [0.25, 0.3) is 0 Å². The van der Waals surface area contributed by atoms with Crippen molar-refractivity contribution in [2.45, 2.75) is 45.6 Å². The highest BCUT2D eigenvalue weighted by Gasteiger charge is 2.16. The molecule has 3 nitrogen and oxygen atoms in total. The number of hydrogen-bond acceptors (Lipinski definition) is 2. The molecule has 0 heterocycles. The number of benzene rings is 1. The van der Waals surface area contributed by atoms with Gasteiger partial charge in [-0.25, -0.2) is 4.39 Å². The Morgan fingerprint density at radius 2 is 2.15 bits per heavy atom. The Morgan fingerprint density at radius 1 is 1.40 bits per heavy atom. The third-order valence-corrected chi connectivity index (χ3v) is 3.52. The molecule has 2 unspecified atom stereocenters. The van der Waals surface area contributed by atoms with E-state index in [1.54, 1.807) is 6.07 Å². The van der Waals surface area contributed by atoms with Crippen molar-refractivity contribution in [2.24, 2.45) is 5.92 Å². The summed E-state index contributed by atoms with van der Waals surface area (Å²) in [6.45, 7) is 3.94. The number of aliphatic hydroxyl groups excluding tert-OH is 1. The smallest absolute Gasteiger partial charge is 0.223 e. The van der Waals surface area contributed by atoms with Crippen LogP contribution >= 0.6 is 0 Å². The van der Waals surface area contributed by atoms with Crippen molar-refractivity contribution in [3.05, 3.63) is 35.6 Å². The number of amides is 1. The minimum atomic E-state index is -0.242. The van der Waals surface area contributed by atoms with E-state index in [0.717, 1.165) is 12.0 Å². The van der Waals surface area contributed by atoms with Crippen LogP contribution in [-0.4, -0.2) is 23.7 Å². The van der Waals surface area contributed by atoms with Gasteiger partial charge in [-0.05, 0) is 43.4 Å². The van der Waals surface area contributed by atoms with Crippen molar-refractivity contribution in [1.82, 2.24) is 5.32 Å². The summed E-state index contributed by atoms with van der Waals surface area (Å²) in [6.07, 6.45) is 2.76.